The van der Waals surface area contributed by atoms with Crippen molar-refractivity contribution in [3.8, 4) is 12.1 Å². The molecule has 0 spiro atoms. The molecule has 2 rings (SSSR count). The third-order valence-electron chi connectivity index (χ3n) is 4.21. The minimum absolute atomic E-state index is 0.0447. The van der Waals surface area contributed by atoms with Gasteiger partial charge >= 0.3 is 6.16 Å². The van der Waals surface area contributed by atoms with Gasteiger partial charge in [0.15, 0.2) is 0 Å². The van der Waals surface area contributed by atoms with Crippen LogP contribution in [0.25, 0.3) is 0 Å². The van der Waals surface area contributed by atoms with Gasteiger partial charge in [-0.05, 0) is 44.2 Å². The van der Waals surface area contributed by atoms with E-state index in [1.807, 2.05) is 11.0 Å². The van der Waals surface area contributed by atoms with Crippen molar-refractivity contribution in [2.75, 3.05) is 24.6 Å². The molecule has 0 aliphatic heterocycles. The van der Waals surface area contributed by atoms with Crippen LogP contribution in [0.5, 0.6) is 0 Å². The van der Waals surface area contributed by atoms with Gasteiger partial charge in [-0.3, -0.25) is 10.1 Å². The smallest absolute Gasteiger partial charge is 0.432 e. The quantitative estimate of drug-likeness (QED) is 0.208. The Morgan fingerprint density at radius 2 is 1.88 bits per heavy atom. The molecule has 0 saturated heterocycles. The van der Waals surface area contributed by atoms with Gasteiger partial charge in [0, 0.05) is 24.4 Å². The Bertz CT molecular complexity index is 1090. The minimum atomic E-state index is -0.746. The summed E-state index contributed by atoms with van der Waals surface area (Å²) in [5.74, 6) is 0. The summed E-state index contributed by atoms with van der Waals surface area (Å²) in [5, 5.41) is 37.1. The zero-order valence-electron chi connectivity index (χ0n) is 18.2. The summed E-state index contributed by atoms with van der Waals surface area (Å²) >= 11 is 0. The summed E-state index contributed by atoms with van der Waals surface area (Å²) in [6.45, 7) is 4.35. The largest absolute Gasteiger partial charge is 0.508 e. The van der Waals surface area contributed by atoms with Gasteiger partial charge in [-0.15, -0.1) is 5.11 Å². The van der Waals surface area contributed by atoms with Crippen molar-refractivity contribution < 1.29 is 19.2 Å². The van der Waals surface area contributed by atoms with E-state index in [-0.39, 0.29) is 36.1 Å². The average Bonchev–Trinajstić information content (AvgIpc) is 2.79. The molecular formula is C22H22N6O5. The molecule has 0 heterocycles. The fourth-order valence-corrected chi connectivity index (χ4v) is 2.68. The fraction of sp³-hybridized carbons (Fsp3) is 0.318. The number of benzene rings is 2. The summed E-state index contributed by atoms with van der Waals surface area (Å²) in [7, 11) is 0. The molecule has 0 fully saturated rings. The molecule has 0 amide bonds. The van der Waals surface area contributed by atoms with E-state index in [1.165, 1.54) is 12.1 Å². The molecule has 0 unspecified atom stereocenters. The van der Waals surface area contributed by atoms with Gasteiger partial charge in [0.1, 0.15) is 18.4 Å². The number of ether oxygens (including phenoxy) is 2. The minimum Gasteiger partial charge on any atom is -0.432 e. The Morgan fingerprint density at radius 1 is 1.15 bits per heavy atom. The number of rotatable bonds is 10. The number of anilines is 1. The second-order valence-corrected chi connectivity index (χ2v) is 6.95. The summed E-state index contributed by atoms with van der Waals surface area (Å²) in [5.41, 5.74) is 1.35. The Hall–Kier alpha value is -4.51. The molecule has 170 valence electrons. The molecule has 0 atom stereocenters. The van der Waals surface area contributed by atoms with Crippen molar-refractivity contribution in [2.45, 2.75) is 26.4 Å². The Kier molecular flexibility index (Phi) is 9.28. The molecule has 0 bridgehead atoms. The molecule has 33 heavy (non-hydrogen) atoms. The van der Waals surface area contributed by atoms with Crippen LogP contribution in [-0.4, -0.2) is 36.9 Å². The van der Waals surface area contributed by atoms with Crippen LogP contribution in [0.15, 0.2) is 52.7 Å². The van der Waals surface area contributed by atoms with Crippen molar-refractivity contribution >= 4 is 28.9 Å². The highest BCUT2D eigenvalue weighted by Crippen LogP contribution is 2.27. The van der Waals surface area contributed by atoms with Gasteiger partial charge in [0.25, 0.3) is 5.69 Å². The first-order valence-corrected chi connectivity index (χ1v) is 9.99. The highest BCUT2D eigenvalue weighted by atomic mass is 16.7. The Balaban J connectivity index is 2.07. The number of hydrogen-bond acceptors (Lipinski definition) is 10. The lowest BCUT2D eigenvalue weighted by Crippen LogP contribution is -2.29. The number of carbonyl (C=O) groups excluding carboxylic acids is 1. The molecule has 11 heteroatoms. The number of carbonyl (C=O) groups is 1. The van der Waals surface area contributed by atoms with E-state index in [4.69, 9.17) is 14.7 Å². The van der Waals surface area contributed by atoms with E-state index >= 15 is 0 Å². The lowest BCUT2D eigenvalue weighted by molar-refractivity contribution is -0.384. The van der Waals surface area contributed by atoms with Gasteiger partial charge in [0.05, 0.1) is 41.3 Å². The van der Waals surface area contributed by atoms with Gasteiger partial charge < -0.3 is 14.4 Å². The van der Waals surface area contributed by atoms with Crippen molar-refractivity contribution in [1.29, 1.82) is 10.5 Å². The van der Waals surface area contributed by atoms with Crippen LogP contribution in [0.4, 0.5) is 27.5 Å². The molecule has 2 aromatic rings. The topological polar surface area (TPSA) is 154 Å². The van der Waals surface area contributed by atoms with Crippen LogP contribution in [0, 0.1) is 32.8 Å². The fourth-order valence-electron chi connectivity index (χ4n) is 2.68. The molecule has 11 nitrogen and oxygen atoms in total. The highest BCUT2D eigenvalue weighted by Gasteiger charge is 2.12. The molecule has 0 N–H and O–H groups in total. The monoisotopic (exact) mass is 450 g/mol. The van der Waals surface area contributed by atoms with E-state index in [0.717, 1.165) is 11.8 Å². The maximum Gasteiger partial charge on any atom is 0.508 e. The predicted octanol–water partition coefficient (Wildman–Crippen LogP) is 5.16. The Labute approximate surface area is 190 Å². The van der Waals surface area contributed by atoms with Crippen LogP contribution in [-0.2, 0) is 9.47 Å². The van der Waals surface area contributed by atoms with Gasteiger partial charge in [0.2, 0.25) is 0 Å². The highest BCUT2D eigenvalue weighted by molar-refractivity contribution is 5.60. The molecule has 2 aromatic carbocycles. The normalized spacial score (nSPS) is 10.5. The summed E-state index contributed by atoms with van der Waals surface area (Å²) in [6.07, 6.45) is -0.734. The van der Waals surface area contributed by atoms with Gasteiger partial charge in [-0.25, -0.2) is 4.79 Å². The van der Waals surface area contributed by atoms with E-state index in [9.17, 15) is 20.2 Å². The number of non-ortho nitro benzene ring substituents is 1. The van der Waals surface area contributed by atoms with Crippen molar-refractivity contribution in [2.24, 2.45) is 10.2 Å². The van der Waals surface area contributed by atoms with Crippen LogP contribution in [0.3, 0.4) is 0 Å². The number of nitrogens with zero attached hydrogens (tertiary/aromatic N) is 6. The first-order chi connectivity index (χ1) is 15.8. The average molecular weight is 450 g/mol. The predicted molar refractivity (Wildman–Crippen MR) is 118 cm³/mol. The standard InChI is InChI=1S/C22H22N6O5/c1-16(2)33-22(29)32-13-12-27(11-3-10-23)19-6-4-18(5-7-19)25-26-21-9-8-20(28(30)31)14-17(21)15-24/h4-9,14,16H,3,11-13H2,1-2H3. The molecular weight excluding hydrogens is 428 g/mol. The van der Waals surface area contributed by atoms with Crippen molar-refractivity contribution in [1.82, 2.24) is 0 Å². The zero-order valence-corrected chi connectivity index (χ0v) is 18.2. The Morgan fingerprint density at radius 3 is 2.48 bits per heavy atom. The second kappa shape index (κ2) is 12.4. The number of nitro benzene ring substituents is 1. The van der Waals surface area contributed by atoms with E-state index in [1.54, 1.807) is 38.1 Å². The van der Waals surface area contributed by atoms with Crippen LogP contribution in [0.2, 0.25) is 0 Å². The van der Waals surface area contributed by atoms with Crippen LogP contribution < -0.4 is 4.90 Å². The first kappa shape index (κ1) is 24.8. The molecule has 0 aromatic heterocycles. The number of azo groups is 1. The summed E-state index contributed by atoms with van der Waals surface area (Å²) in [6, 6.07) is 14.7. The van der Waals surface area contributed by atoms with E-state index in [2.05, 4.69) is 16.3 Å². The first-order valence-electron chi connectivity index (χ1n) is 9.99. The SMILES string of the molecule is CC(C)OC(=O)OCCN(CCC#N)c1ccc(N=Nc2ccc([N+](=O)[O-])cc2C#N)cc1. The lowest BCUT2D eigenvalue weighted by atomic mass is 10.2. The van der Waals surface area contributed by atoms with Crippen molar-refractivity contribution in [3.05, 3.63) is 58.1 Å². The summed E-state index contributed by atoms with van der Waals surface area (Å²) < 4.78 is 9.98. The van der Waals surface area contributed by atoms with Crippen molar-refractivity contribution in [3.63, 3.8) is 0 Å². The number of hydrogen-bond donors (Lipinski definition) is 0. The van der Waals surface area contributed by atoms with E-state index in [0.29, 0.717) is 18.8 Å². The molecule has 0 saturated carbocycles. The van der Waals surface area contributed by atoms with E-state index < -0.39 is 11.1 Å². The van der Waals surface area contributed by atoms with Gasteiger partial charge in [-0.2, -0.15) is 15.6 Å². The van der Waals surface area contributed by atoms with Crippen LogP contribution in [0.1, 0.15) is 25.8 Å². The summed E-state index contributed by atoms with van der Waals surface area (Å²) in [4.78, 5) is 23.7. The second-order valence-electron chi connectivity index (χ2n) is 6.95. The molecule has 0 radical (unpaired) electrons. The van der Waals surface area contributed by atoms with Crippen LogP contribution >= 0.6 is 0 Å². The third-order valence-corrected chi connectivity index (χ3v) is 4.21. The third kappa shape index (κ3) is 7.92. The maximum absolute atomic E-state index is 11.5. The van der Waals surface area contributed by atoms with Gasteiger partial charge in [-0.1, -0.05) is 0 Å². The maximum atomic E-state index is 11.5. The lowest BCUT2D eigenvalue weighted by Gasteiger charge is -2.23. The molecule has 0 aliphatic carbocycles. The zero-order chi connectivity index (χ0) is 24.2. The number of nitriles is 2. The molecule has 0 aliphatic rings. The number of nitro groups is 1.